The van der Waals surface area contributed by atoms with E-state index in [1.165, 1.54) is 0 Å². The average Bonchev–Trinajstić information content (AvgIpc) is 1.30. The van der Waals surface area contributed by atoms with Crippen LogP contribution in [0.5, 0.6) is 0 Å². The first-order valence-corrected chi connectivity index (χ1v) is 2.85. The predicted molar refractivity (Wildman–Crippen MR) is 24.4 cm³/mol. The number of nitrogens with two attached hydrogens (primary N) is 1. The molecular formula is C2H5NO3S. The largest absolute Gasteiger partial charge is 0.380 e. The number of hydrogen-bond donors (Lipinski definition) is 1. The molecule has 0 amide bonds. The van der Waals surface area contributed by atoms with Crippen LogP contribution in [-0.2, 0) is 14.5 Å². The topological polar surface area (TPSA) is 69.4 Å². The average molecular weight is 123 g/mol. The van der Waals surface area contributed by atoms with Crippen molar-refractivity contribution >= 4 is 10.3 Å². The van der Waals surface area contributed by atoms with E-state index in [1.54, 1.807) is 0 Å². The molecule has 7 heavy (non-hydrogen) atoms. The lowest BCUT2D eigenvalue weighted by Crippen LogP contribution is -2.11. The van der Waals surface area contributed by atoms with Crippen LogP contribution in [0, 0.1) is 0 Å². The SMILES string of the molecule is C=COS(N)(=O)=O. The van der Waals surface area contributed by atoms with Crippen LogP contribution in [0.15, 0.2) is 12.8 Å². The van der Waals surface area contributed by atoms with Crippen LogP contribution in [0.4, 0.5) is 0 Å². The minimum Gasteiger partial charge on any atom is -0.380 e. The summed E-state index contributed by atoms with van der Waals surface area (Å²) in [5, 5.41) is 4.32. The van der Waals surface area contributed by atoms with Gasteiger partial charge in [0.1, 0.15) is 6.26 Å². The zero-order valence-corrected chi connectivity index (χ0v) is 4.31. The second-order valence-electron chi connectivity index (χ2n) is 0.756. The molecule has 0 bridgehead atoms. The summed E-state index contributed by atoms with van der Waals surface area (Å²) in [5.41, 5.74) is 0. The lowest BCUT2D eigenvalue weighted by Gasteiger charge is -1.88. The Balaban J connectivity index is 3.84. The van der Waals surface area contributed by atoms with E-state index in [4.69, 9.17) is 0 Å². The fourth-order valence-electron chi connectivity index (χ4n) is 0.0948. The van der Waals surface area contributed by atoms with Crippen molar-refractivity contribution in [2.45, 2.75) is 0 Å². The van der Waals surface area contributed by atoms with Gasteiger partial charge in [-0.1, -0.05) is 6.58 Å². The second-order valence-corrected chi connectivity index (χ2v) is 1.93. The van der Waals surface area contributed by atoms with Gasteiger partial charge in [-0.25, -0.2) is 0 Å². The van der Waals surface area contributed by atoms with Crippen LogP contribution < -0.4 is 5.14 Å². The van der Waals surface area contributed by atoms with Gasteiger partial charge < -0.3 is 4.18 Å². The number of rotatable bonds is 2. The molecule has 0 saturated carbocycles. The molecule has 5 heteroatoms. The monoisotopic (exact) mass is 123 g/mol. The fraction of sp³-hybridized carbons (Fsp3) is 0. The smallest absolute Gasteiger partial charge is 0.379 e. The maximum atomic E-state index is 9.72. The van der Waals surface area contributed by atoms with Crippen LogP contribution >= 0.6 is 0 Å². The minimum absolute atomic E-state index is 0.745. The summed E-state index contributed by atoms with van der Waals surface area (Å²) in [4.78, 5) is 0. The first kappa shape index (κ1) is 6.45. The zero-order chi connectivity index (χ0) is 5.91. The highest BCUT2D eigenvalue weighted by Crippen LogP contribution is 1.77. The molecule has 0 spiro atoms. The van der Waals surface area contributed by atoms with Crippen molar-refractivity contribution in [3.8, 4) is 0 Å². The zero-order valence-electron chi connectivity index (χ0n) is 3.49. The lowest BCUT2D eigenvalue weighted by molar-refractivity contribution is 0.446. The van der Waals surface area contributed by atoms with Crippen molar-refractivity contribution in [3.63, 3.8) is 0 Å². The Hall–Kier alpha value is -0.550. The summed E-state index contributed by atoms with van der Waals surface area (Å²) >= 11 is 0. The van der Waals surface area contributed by atoms with Crippen molar-refractivity contribution in [1.29, 1.82) is 0 Å². The van der Waals surface area contributed by atoms with E-state index in [1.807, 2.05) is 0 Å². The third-order valence-electron chi connectivity index (χ3n) is 0.202. The van der Waals surface area contributed by atoms with Gasteiger partial charge in [-0.15, -0.1) is 0 Å². The fourth-order valence-corrected chi connectivity index (χ4v) is 0.285. The van der Waals surface area contributed by atoms with Gasteiger partial charge >= 0.3 is 10.3 Å². The highest BCUT2D eigenvalue weighted by atomic mass is 32.2. The molecule has 0 aliphatic carbocycles. The third kappa shape index (κ3) is 5.45. The predicted octanol–water partition coefficient (Wildman–Crippen LogP) is -0.650. The van der Waals surface area contributed by atoms with Gasteiger partial charge in [0.2, 0.25) is 0 Å². The van der Waals surface area contributed by atoms with Gasteiger partial charge in [-0.3, -0.25) is 0 Å². The Kier molecular flexibility index (Phi) is 1.79. The Morgan fingerprint density at radius 2 is 2.14 bits per heavy atom. The van der Waals surface area contributed by atoms with E-state index < -0.39 is 10.3 Å². The molecule has 0 aliphatic heterocycles. The molecule has 0 fully saturated rings. The minimum atomic E-state index is -3.79. The van der Waals surface area contributed by atoms with E-state index in [2.05, 4.69) is 15.9 Å². The summed E-state index contributed by atoms with van der Waals surface area (Å²) in [6.45, 7) is 2.96. The molecule has 0 aliphatic rings. The molecule has 0 aromatic carbocycles. The molecule has 0 aromatic rings. The van der Waals surface area contributed by atoms with Crippen molar-refractivity contribution in [2.24, 2.45) is 5.14 Å². The normalized spacial score (nSPS) is 10.4. The summed E-state index contributed by atoms with van der Waals surface area (Å²) in [6, 6.07) is 0. The Morgan fingerprint density at radius 1 is 1.71 bits per heavy atom. The molecular weight excluding hydrogens is 118 g/mol. The molecule has 0 unspecified atom stereocenters. The van der Waals surface area contributed by atoms with Crippen LogP contribution in [-0.4, -0.2) is 8.42 Å². The molecule has 0 radical (unpaired) electrons. The van der Waals surface area contributed by atoms with E-state index in [9.17, 15) is 8.42 Å². The maximum Gasteiger partial charge on any atom is 0.379 e. The van der Waals surface area contributed by atoms with Crippen molar-refractivity contribution in [1.82, 2.24) is 0 Å². The van der Waals surface area contributed by atoms with Crippen molar-refractivity contribution in [3.05, 3.63) is 12.8 Å². The van der Waals surface area contributed by atoms with Gasteiger partial charge in [0, 0.05) is 0 Å². The third-order valence-corrected chi connectivity index (χ3v) is 0.606. The summed E-state index contributed by atoms with van der Waals surface area (Å²) in [7, 11) is -3.79. The molecule has 0 saturated heterocycles. The van der Waals surface area contributed by atoms with E-state index in [-0.39, 0.29) is 0 Å². The Labute approximate surface area is 41.8 Å². The number of hydrogen-bond acceptors (Lipinski definition) is 3. The highest BCUT2D eigenvalue weighted by molar-refractivity contribution is 7.84. The van der Waals surface area contributed by atoms with Gasteiger partial charge in [0.05, 0.1) is 0 Å². The van der Waals surface area contributed by atoms with Crippen LogP contribution in [0.1, 0.15) is 0 Å². The highest BCUT2D eigenvalue weighted by Gasteiger charge is 1.93. The molecule has 0 aromatic heterocycles. The lowest BCUT2D eigenvalue weighted by atomic mass is 11.2. The van der Waals surface area contributed by atoms with E-state index >= 15 is 0 Å². The standard InChI is InChI=1S/C2H5NO3S/c1-2-6-7(3,4)5/h2H,1H2,(H2,3,4,5). The van der Waals surface area contributed by atoms with Gasteiger partial charge in [-0.2, -0.15) is 13.6 Å². The summed E-state index contributed by atoms with van der Waals surface area (Å²) < 4.78 is 23.2. The van der Waals surface area contributed by atoms with Gasteiger partial charge in [0.25, 0.3) is 0 Å². The van der Waals surface area contributed by atoms with Crippen LogP contribution in [0.3, 0.4) is 0 Å². The van der Waals surface area contributed by atoms with Crippen LogP contribution in [0.2, 0.25) is 0 Å². The molecule has 4 nitrogen and oxygen atoms in total. The Morgan fingerprint density at radius 3 is 2.14 bits per heavy atom. The maximum absolute atomic E-state index is 9.72. The summed E-state index contributed by atoms with van der Waals surface area (Å²) in [6.07, 6.45) is 0.745. The van der Waals surface area contributed by atoms with Gasteiger partial charge in [0.15, 0.2) is 0 Å². The van der Waals surface area contributed by atoms with E-state index in [0.717, 1.165) is 6.26 Å². The molecule has 42 valence electrons. The Bertz CT molecular complexity index is 146. The second kappa shape index (κ2) is 1.94. The van der Waals surface area contributed by atoms with Crippen LogP contribution in [0.25, 0.3) is 0 Å². The molecule has 2 N–H and O–H groups in total. The summed E-state index contributed by atoms with van der Waals surface area (Å²) in [5.74, 6) is 0. The molecule has 0 heterocycles. The molecule has 0 rings (SSSR count). The van der Waals surface area contributed by atoms with Crippen molar-refractivity contribution in [2.75, 3.05) is 0 Å². The van der Waals surface area contributed by atoms with Crippen molar-refractivity contribution < 1.29 is 12.6 Å². The molecule has 0 atom stereocenters. The first-order valence-electron chi connectivity index (χ1n) is 1.38. The quantitative estimate of drug-likeness (QED) is 0.496. The first-order chi connectivity index (χ1) is 3.06. The van der Waals surface area contributed by atoms with E-state index in [0.29, 0.717) is 0 Å². The van der Waals surface area contributed by atoms with Gasteiger partial charge in [-0.05, 0) is 0 Å².